The summed E-state index contributed by atoms with van der Waals surface area (Å²) in [6, 6.07) is 11.6. The summed E-state index contributed by atoms with van der Waals surface area (Å²) >= 11 is 0. The first-order chi connectivity index (χ1) is 9.47. The molecule has 104 valence electrons. The Morgan fingerprint density at radius 2 is 1.80 bits per heavy atom. The first-order valence-electron chi connectivity index (χ1n) is 6.26. The first kappa shape index (κ1) is 13.9. The van der Waals surface area contributed by atoms with Crippen molar-refractivity contribution in [2.24, 2.45) is 0 Å². The van der Waals surface area contributed by atoms with E-state index in [1.165, 1.54) is 0 Å². The third-order valence-corrected chi connectivity index (χ3v) is 3.00. The maximum absolute atomic E-state index is 10.6. The van der Waals surface area contributed by atoms with Crippen LogP contribution >= 0.6 is 0 Å². The minimum Gasteiger partial charge on any atom is -0.478 e. The lowest BCUT2D eigenvalue weighted by Gasteiger charge is -2.12. The Kier molecular flexibility index (Phi) is 3.94. The monoisotopic (exact) mass is 271 g/mol. The van der Waals surface area contributed by atoms with Gasteiger partial charge in [-0.15, -0.1) is 0 Å². The molecule has 0 spiro atoms. The molecular formula is C16H17NO3. The molecule has 1 aromatic heterocycles. The molecule has 0 bridgehead atoms. The van der Waals surface area contributed by atoms with Crippen molar-refractivity contribution < 1.29 is 14.3 Å². The van der Waals surface area contributed by atoms with E-state index in [0.29, 0.717) is 11.3 Å². The van der Waals surface area contributed by atoms with Crippen molar-refractivity contribution in [3.8, 4) is 11.3 Å². The van der Waals surface area contributed by atoms with Gasteiger partial charge < -0.3 is 14.4 Å². The second-order valence-corrected chi connectivity index (χ2v) is 4.77. The number of hydrogen-bond acceptors (Lipinski definition) is 3. The zero-order valence-electron chi connectivity index (χ0n) is 11.8. The van der Waals surface area contributed by atoms with Gasteiger partial charge in [0.15, 0.2) is 0 Å². The van der Waals surface area contributed by atoms with Crippen molar-refractivity contribution in [1.29, 1.82) is 0 Å². The number of anilines is 1. The van der Waals surface area contributed by atoms with Gasteiger partial charge >= 0.3 is 5.97 Å². The standard InChI is InChI=1S/C16H17NO3/c1-11(10-16(18)19)14-8-9-15(20-14)12-4-6-13(7-5-12)17(2)3/h4-10H,1-3H3,(H,18,19)/b11-10+. The third kappa shape index (κ3) is 3.09. The zero-order valence-corrected chi connectivity index (χ0v) is 11.8. The van der Waals surface area contributed by atoms with Crippen LogP contribution in [0.3, 0.4) is 0 Å². The number of aliphatic carboxylic acids is 1. The Bertz CT molecular complexity index is 636. The van der Waals surface area contributed by atoms with Gasteiger partial charge in [-0.05, 0) is 48.9 Å². The number of allylic oxidation sites excluding steroid dienone is 1. The molecule has 0 saturated carbocycles. The normalized spacial score (nSPS) is 11.4. The topological polar surface area (TPSA) is 53.7 Å². The van der Waals surface area contributed by atoms with Gasteiger partial charge in [-0.2, -0.15) is 0 Å². The first-order valence-corrected chi connectivity index (χ1v) is 6.26. The van der Waals surface area contributed by atoms with E-state index in [-0.39, 0.29) is 0 Å². The predicted octanol–water partition coefficient (Wildman–Crippen LogP) is 3.50. The highest BCUT2D eigenvalue weighted by molar-refractivity contribution is 5.88. The molecule has 4 heteroatoms. The molecule has 4 nitrogen and oxygen atoms in total. The molecule has 0 saturated heterocycles. The number of furan rings is 1. The smallest absolute Gasteiger partial charge is 0.328 e. The molecule has 0 amide bonds. The summed E-state index contributed by atoms with van der Waals surface area (Å²) in [5, 5.41) is 8.73. The van der Waals surface area contributed by atoms with Crippen LogP contribution in [0.2, 0.25) is 0 Å². The lowest BCUT2D eigenvalue weighted by atomic mass is 10.1. The molecule has 0 unspecified atom stereocenters. The molecule has 0 aliphatic carbocycles. The SMILES string of the molecule is C/C(=C\C(=O)O)c1ccc(-c2ccc(N(C)C)cc2)o1. The highest BCUT2D eigenvalue weighted by Crippen LogP contribution is 2.27. The highest BCUT2D eigenvalue weighted by Gasteiger charge is 2.07. The van der Waals surface area contributed by atoms with E-state index in [4.69, 9.17) is 9.52 Å². The van der Waals surface area contributed by atoms with Crippen LogP contribution in [-0.2, 0) is 4.79 Å². The Morgan fingerprint density at radius 1 is 1.15 bits per heavy atom. The van der Waals surface area contributed by atoms with E-state index in [1.807, 2.05) is 49.3 Å². The largest absolute Gasteiger partial charge is 0.478 e. The zero-order chi connectivity index (χ0) is 14.7. The molecule has 0 radical (unpaired) electrons. The number of carboxylic acid groups (broad SMARTS) is 1. The number of nitrogens with zero attached hydrogens (tertiary/aromatic N) is 1. The maximum atomic E-state index is 10.6. The van der Waals surface area contributed by atoms with Gasteiger partial charge in [0.05, 0.1) is 0 Å². The summed E-state index contributed by atoms with van der Waals surface area (Å²) in [5.74, 6) is 0.318. The molecule has 1 aromatic carbocycles. The number of carboxylic acids is 1. The summed E-state index contributed by atoms with van der Waals surface area (Å²) in [4.78, 5) is 12.7. The summed E-state index contributed by atoms with van der Waals surface area (Å²) in [7, 11) is 3.97. The predicted molar refractivity (Wildman–Crippen MR) is 79.8 cm³/mol. The Hall–Kier alpha value is -2.49. The average molecular weight is 271 g/mol. The van der Waals surface area contributed by atoms with E-state index in [2.05, 4.69) is 0 Å². The minimum absolute atomic E-state index is 0.569. The van der Waals surface area contributed by atoms with Gasteiger partial charge in [-0.25, -0.2) is 4.79 Å². The number of rotatable bonds is 4. The molecule has 20 heavy (non-hydrogen) atoms. The summed E-state index contributed by atoms with van der Waals surface area (Å²) < 4.78 is 5.69. The van der Waals surface area contributed by atoms with Crippen LogP contribution in [0.15, 0.2) is 46.9 Å². The van der Waals surface area contributed by atoms with E-state index >= 15 is 0 Å². The van der Waals surface area contributed by atoms with Crippen molar-refractivity contribution in [3.05, 3.63) is 48.2 Å². The van der Waals surface area contributed by atoms with Crippen molar-refractivity contribution in [1.82, 2.24) is 0 Å². The van der Waals surface area contributed by atoms with Crippen LogP contribution in [0.1, 0.15) is 12.7 Å². The van der Waals surface area contributed by atoms with E-state index in [9.17, 15) is 4.79 Å². The lowest BCUT2D eigenvalue weighted by Crippen LogP contribution is -2.07. The van der Waals surface area contributed by atoms with Gasteiger partial charge in [0.2, 0.25) is 0 Å². The van der Waals surface area contributed by atoms with Gasteiger partial charge in [-0.1, -0.05) is 0 Å². The summed E-state index contributed by atoms with van der Waals surface area (Å²) in [6.07, 6.45) is 1.14. The van der Waals surface area contributed by atoms with E-state index in [1.54, 1.807) is 13.0 Å². The van der Waals surface area contributed by atoms with Gasteiger partial charge in [-0.3, -0.25) is 0 Å². The fourth-order valence-electron chi connectivity index (χ4n) is 1.89. The minimum atomic E-state index is -0.976. The van der Waals surface area contributed by atoms with Gasteiger partial charge in [0.1, 0.15) is 11.5 Å². The van der Waals surface area contributed by atoms with Gasteiger partial charge in [0.25, 0.3) is 0 Å². The molecular weight excluding hydrogens is 254 g/mol. The second-order valence-electron chi connectivity index (χ2n) is 4.77. The van der Waals surface area contributed by atoms with Crippen LogP contribution in [0.4, 0.5) is 5.69 Å². The summed E-state index contributed by atoms with van der Waals surface area (Å²) in [5.41, 5.74) is 2.67. The van der Waals surface area contributed by atoms with Gasteiger partial charge in [0, 0.05) is 31.4 Å². The quantitative estimate of drug-likeness (QED) is 0.865. The van der Waals surface area contributed by atoms with Crippen molar-refractivity contribution in [2.45, 2.75) is 6.92 Å². The average Bonchev–Trinajstić information content (AvgIpc) is 2.87. The molecule has 0 aliphatic rings. The maximum Gasteiger partial charge on any atom is 0.328 e. The molecule has 2 rings (SSSR count). The third-order valence-electron chi connectivity index (χ3n) is 3.00. The van der Waals surface area contributed by atoms with Crippen LogP contribution in [0.25, 0.3) is 16.9 Å². The molecule has 1 heterocycles. The number of hydrogen-bond donors (Lipinski definition) is 1. The van der Waals surface area contributed by atoms with Crippen molar-refractivity contribution in [2.75, 3.05) is 19.0 Å². The highest BCUT2D eigenvalue weighted by atomic mass is 16.4. The summed E-state index contributed by atoms with van der Waals surface area (Å²) in [6.45, 7) is 1.71. The second kappa shape index (κ2) is 5.65. The molecule has 2 aromatic rings. The Morgan fingerprint density at radius 3 is 2.35 bits per heavy atom. The number of carbonyl (C=O) groups is 1. The van der Waals surface area contributed by atoms with Crippen LogP contribution < -0.4 is 4.90 Å². The van der Waals surface area contributed by atoms with E-state index in [0.717, 1.165) is 23.1 Å². The fourth-order valence-corrected chi connectivity index (χ4v) is 1.89. The van der Waals surface area contributed by atoms with Crippen molar-refractivity contribution >= 4 is 17.2 Å². The van der Waals surface area contributed by atoms with Crippen LogP contribution in [0, 0.1) is 0 Å². The Balaban J connectivity index is 2.26. The van der Waals surface area contributed by atoms with E-state index < -0.39 is 5.97 Å². The molecule has 0 fully saturated rings. The molecule has 0 atom stereocenters. The lowest BCUT2D eigenvalue weighted by molar-refractivity contribution is -0.131. The fraction of sp³-hybridized carbons (Fsp3) is 0.188. The molecule has 1 N–H and O–H groups in total. The van der Waals surface area contributed by atoms with Crippen LogP contribution in [-0.4, -0.2) is 25.2 Å². The number of benzene rings is 1. The van der Waals surface area contributed by atoms with Crippen molar-refractivity contribution in [3.63, 3.8) is 0 Å². The van der Waals surface area contributed by atoms with Crippen LogP contribution in [0.5, 0.6) is 0 Å². The Labute approximate surface area is 117 Å². The molecule has 0 aliphatic heterocycles.